The molecule has 1 aliphatic heterocycles. The van der Waals surface area contributed by atoms with Gasteiger partial charge in [0.2, 0.25) is 0 Å². The smallest absolute Gasteiger partial charge is 0.341 e. The number of pyridine rings is 1. The maximum atomic E-state index is 13.0. The Morgan fingerprint density at radius 1 is 1.07 bits per heavy atom. The fourth-order valence-corrected chi connectivity index (χ4v) is 4.43. The Balaban J connectivity index is 1.53. The van der Waals surface area contributed by atoms with E-state index in [4.69, 9.17) is 0 Å². The lowest BCUT2D eigenvalue weighted by Crippen LogP contribution is -2.33. The molecule has 0 bridgehead atoms. The van der Waals surface area contributed by atoms with Crippen LogP contribution in [0.25, 0.3) is 0 Å². The molecule has 0 spiro atoms. The molecular formula is C21H19F3N4OS. The van der Waals surface area contributed by atoms with E-state index in [1.54, 1.807) is 29.4 Å². The van der Waals surface area contributed by atoms with Crippen molar-refractivity contribution < 1.29 is 13.2 Å². The van der Waals surface area contributed by atoms with Crippen LogP contribution in [0.4, 0.5) is 13.2 Å². The summed E-state index contributed by atoms with van der Waals surface area (Å²) in [5.41, 5.74) is 1.57. The van der Waals surface area contributed by atoms with E-state index in [0.717, 1.165) is 23.4 Å². The fraction of sp³-hybridized carbons (Fsp3) is 0.238. The number of hydrogen-bond donors (Lipinski definition) is 0. The standard InChI is InChI=1S/C21H19F3N4OS/c1-15-14-30-20(28(15)13-17-3-2-8-25-11-17)27-10-9-26(19(27)29)12-16-4-6-18(7-5-16)21(22,23)24/h2-11,14,20H,12-13H2,1H3. The maximum Gasteiger partial charge on any atom is 0.416 e. The Labute approximate surface area is 175 Å². The molecule has 0 N–H and O–H groups in total. The van der Waals surface area contributed by atoms with E-state index in [1.807, 2.05) is 24.5 Å². The molecule has 2 aromatic heterocycles. The van der Waals surface area contributed by atoms with Crippen LogP contribution in [0.5, 0.6) is 0 Å². The number of benzene rings is 1. The van der Waals surface area contributed by atoms with Crippen molar-refractivity contribution in [2.45, 2.75) is 31.7 Å². The molecule has 1 aliphatic rings. The van der Waals surface area contributed by atoms with Crippen LogP contribution in [0.1, 0.15) is 29.1 Å². The largest absolute Gasteiger partial charge is 0.416 e. The molecule has 3 aromatic rings. The molecule has 0 saturated carbocycles. The first-order valence-electron chi connectivity index (χ1n) is 9.24. The minimum Gasteiger partial charge on any atom is -0.341 e. The molecule has 0 aliphatic carbocycles. The third-order valence-corrected chi connectivity index (χ3v) is 6.10. The average Bonchev–Trinajstić information content (AvgIpc) is 3.25. The molecule has 0 saturated heterocycles. The van der Waals surface area contributed by atoms with E-state index >= 15 is 0 Å². The van der Waals surface area contributed by atoms with Crippen molar-refractivity contribution in [1.82, 2.24) is 19.0 Å². The van der Waals surface area contributed by atoms with Gasteiger partial charge in [-0.15, -0.1) is 0 Å². The summed E-state index contributed by atoms with van der Waals surface area (Å²) in [4.78, 5) is 19.2. The predicted octanol–water partition coefficient (Wildman–Crippen LogP) is 4.68. The first-order chi connectivity index (χ1) is 14.3. The van der Waals surface area contributed by atoms with E-state index in [0.29, 0.717) is 12.1 Å². The maximum absolute atomic E-state index is 13.0. The van der Waals surface area contributed by atoms with Gasteiger partial charge in [-0.25, -0.2) is 4.79 Å². The number of aromatic nitrogens is 3. The van der Waals surface area contributed by atoms with Gasteiger partial charge in [0.1, 0.15) is 0 Å². The Morgan fingerprint density at radius 3 is 2.50 bits per heavy atom. The van der Waals surface area contributed by atoms with Gasteiger partial charge in [0, 0.05) is 37.0 Å². The van der Waals surface area contributed by atoms with Gasteiger partial charge < -0.3 is 4.90 Å². The third-order valence-electron chi connectivity index (χ3n) is 4.90. The van der Waals surface area contributed by atoms with Crippen LogP contribution in [0.3, 0.4) is 0 Å². The summed E-state index contributed by atoms with van der Waals surface area (Å²) in [6.45, 7) is 2.81. The fourth-order valence-electron chi connectivity index (χ4n) is 3.29. The highest BCUT2D eigenvalue weighted by atomic mass is 32.2. The van der Waals surface area contributed by atoms with Gasteiger partial charge in [0.25, 0.3) is 0 Å². The van der Waals surface area contributed by atoms with Crippen LogP contribution in [0, 0.1) is 0 Å². The van der Waals surface area contributed by atoms with Crippen molar-refractivity contribution in [2.75, 3.05) is 0 Å². The van der Waals surface area contributed by atoms with Gasteiger partial charge in [0.05, 0.1) is 12.1 Å². The van der Waals surface area contributed by atoms with Gasteiger partial charge in [-0.1, -0.05) is 30.0 Å². The lowest BCUT2D eigenvalue weighted by atomic mass is 10.1. The van der Waals surface area contributed by atoms with Crippen molar-refractivity contribution in [1.29, 1.82) is 0 Å². The summed E-state index contributed by atoms with van der Waals surface area (Å²) in [5, 5.41) is 2.01. The Morgan fingerprint density at radius 2 is 1.83 bits per heavy atom. The number of rotatable bonds is 5. The summed E-state index contributed by atoms with van der Waals surface area (Å²) in [6.07, 6.45) is 2.52. The molecule has 1 unspecified atom stereocenters. The van der Waals surface area contributed by atoms with Crippen LogP contribution in [-0.2, 0) is 19.3 Å². The van der Waals surface area contributed by atoms with Crippen LogP contribution in [-0.4, -0.2) is 19.0 Å². The van der Waals surface area contributed by atoms with Crippen LogP contribution in [0.15, 0.2) is 77.1 Å². The number of halogens is 3. The highest BCUT2D eigenvalue weighted by molar-refractivity contribution is 8.02. The summed E-state index contributed by atoms with van der Waals surface area (Å²) in [7, 11) is 0. The van der Waals surface area contributed by atoms with E-state index in [2.05, 4.69) is 9.88 Å². The molecule has 30 heavy (non-hydrogen) atoms. The average molecular weight is 432 g/mol. The van der Waals surface area contributed by atoms with Gasteiger partial charge in [-0.2, -0.15) is 13.2 Å². The summed E-state index contributed by atoms with van der Waals surface area (Å²) >= 11 is 1.54. The zero-order valence-corrected chi connectivity index (χ0v) is 16.9. The molecule has 0 fully saturated rings. The Bertz CT molecular complexity index is 1100. The van der Waals surface area contributed by atoms with Crippen LogP contribution >= 0.6 is 11.8 Å². The summed E-state index contributed by atoms with van der Waals surface area (Å²) < 4.78 is 41.3. The molecule has 1 aromatic carbocycles. The molecule has 5 nitrogen and oxygen atoms in total. The van der Waals surface area contributed by atoms with Crippen molar-refractivity contribution in [3.8, 4) is 0 Å². The summed E-state index contributed by atoms with van der Waals surface area (Å²) in [6, 6.07) is 8.73. The number of imidazole rings is 1. The predicted molar refractivity (Wildman–Crippen MR) is 109 cm³/mol. The number of thioether (sulfide) groups is 1. The van der Waals surface area contributed by atoms with Gasteiger partial charge >= 0.3 is 11.9 Å². The third kappa shape index (κ3) is 4.16. The molecule has 9 heteroatoms. The highest BCUT2D eigenvalue weighted by Gasteiger charge is 2.30. The number of hydrogen-bond acceptors (Lipinski definition) is 4. The first-order valence-corrected chi connectivity index (χ1v) is 10.2. The van der Waals surface area contributed by atoms with Gasteiger partial charge in [-0.3, -0.25) is 14.1 Å². The van der Waals surface area contributed by atoms with E-state index in [-0.39, 0.29) is 17.7 Å². The Kier molecular flexibility index (Phi) is 5.46. The van der Waals surface area contributed by atoms with Gasteiger partial charge in [0.15, 0.2) is 5.50 Å². The quantitative estimate of drug-likeness (QED) is 0.587. The van der Waals surface area contributed by atoms with Crippen molar-refractivity contribution in [3.63, 3.8) is 0 Å². The minimum absolute atomic E-state index is 0.205. The molecule has 0 amide bonds. The summed E-state index contributed by atoms with van der Waals surface area (Å²) in [5.74, 6) is 0. The van der Waals surface area contributed by atoms with Crippen molar-refractivity contribution in [3.05, 3.63) is 99.5 Å². The topological polar surface area (TPSA) is 43.1 Å². The zero-order valence-electron chi connectivity index (χ0n) is 16.1. The molecule has 0 radical (unpaired) electrons. The molecule has 1 atom stereocenters. The molecule has 3 heterocycles. The zero-order chi connectivity index (χ0) is 21.3. The van der Waals surface area contributed by atoms with Crippen LogP contribution in [0.2, 0.25) is 0 Å². The second kappa shape index (κ2) is 8.06. The first kappa shape index (κ1) is 20.3. The van der Waals surface area contributed by atoms with Crippen molar-refractivity contribution in [2.24, 2.45) is 0 Å². The monoisotopic (exact) mass is 432 g/mol. The number of nitrogens with zero attached hydrogens (tertiary/aromatic N) is 4. The second-order valence-corrected chi connectivity index (χ2v) is 7.95. The lowest BCUT2D eigenvalue weighted by Gasteiger charge is -2.28. The SMILES string of the molecule is CC1=CSC(n2ccn(Cc3ccc(C(F)(F)F)cc3)c2=O)N1Cc1cccnc1. The molecule has 156 valence electrons. The number of allylic oxidation sites excluding steroid dienone is 1. The van der Waals surface area contributed by atoms with Crippen LogP contribution < -0.4 is 5.69 Å². The highest BCUT2D eigenvalue weighted by Crippen LogP contribution is 2.39. The minimum atomic E-state index is -4.37. The van der Waals surface area contributed by atoms with Crippen molar-refractivity contribution >= 4 is 11.8 Å². The van der Waals surface area contributed by atoms with E-state index < -0.39 is 11.7 Å². The number of alkyl halides is 3. The normalized spacial score (nSPS) is 16.7. The Hall–Kier alpha value is -2.94. The van der Waals surface area contributed by atoms with E-state index in [9.17, 15) is 18.0 Å². The lowest BCUT2D eigenvalue weighted by molar-refractivity contribution is -0.137. The second-order valence-electron chi connectivity index (χ2n) is 7.02. The van der Waals surface area contributed by atoms with Gasteiger partial charge in [-0.05, 0) is 41.7 Å². The molecule has 4 rings (SSSR count). The van der Waals surface area contributed by atoms with E-state index in [1.165, 1.54) is 28.5 Å². The molecular weight excluding hydrogens is 413 g/mol.